The van der Waals surface area contributed by atoms with Gasteiger partial charge in [0, 0.05) is 10.9 Å². The van der Waals surface area contributed by atoms with Gasteiger partial charge in [-0.25, -0.2) is 0 Å². The van der Waals surface area contributed by atoms with Crippen LogP contribution in [-0.2, 0) is 0 Å². The smallest absolute Gasteiger partial charge is 0.191 e. The lowest BCUT2D eigenvalue weighted by Crippen LogP contribution is -2.43. The quantitative estimate of drug-likeness (QED) is 0.723. The summed E-state index contributed by atoms with van der Waals surface area (Å²) in [6.07, 6.45) is 3.58. The summed E-state index contributed by atoms with van der Waals surface area (Å²) in [6.45, 7) is 0. The van der Waals surface area contributed by atoms with Crippen LogP contribution < -0.4 is 5.73 Å². The largest absolute Gasteiger partial charge is 0.399 e. The van der Waals surface area contributed by atoms with E-state index in [-0.39, 0.29) is 23.1 Å². The Balaban J connectivity index is 1.93. The zero-order chi connectivity index (χ0) is 21.3. The number of benzene rings is 2. The molecular formula is C25H19ClN4. The van der Waals surface area contributed by atoms with E-state index in [4.69, 9.17) is 17.3 Å². The van der Waals surface area contributed by atoms with Crippen LogP contribution in [0.15, 0.2) is 77.5 Å². The van der Waals surface area contributed by atoms with Crippen molar-refractivity contribution in [2.75, 3.05) is 0 Å². The van der Waals surface area contributed by atoms with Crippen molar-refractivity contribution < 1.29 is 0 Å². The van der Waals surface area contributed by atoms with Gasteiger partial charge in [-0.05, 0) is 53.5 Å². The molecule has 0 bridgehead atoms. The van der Waals surface area contributed by atoms with Crippen molar-refractivity contribution in [2.45, 2.75) is 24.7 Å². The van der Waals surface area contributed by atoms with Crippen LogP contribution in [0.3, 0.4) is 0 Å². The standard InChI is InChI=1S/C25H19ClN4/c26-19-9-6-17(7-10-19)23-21-12-18(16-4-2-1-3-5-16)8-11-20(21)22(13-27)24(30)25(23,14-28)15-29/h1-7,9-11,18,21,23H,8,12,30H2/t18-,21+,23-/m0/s1. The molecule has 2 aliphatic carbocycles. The summed E-state index contributed by atoms with van der Waals surface area (Å²) in [6, 6.07) is 24.0. The number of hydrogen-bond acceptors (Lipinski definition) is 4. The maximum atomic E-state index is 10.1. The highest BCUT2D eigenvalue weighted by Gasteiger charge is 2.54. The fourth-order valence-corrected chi connectivity index (χ4v) is 5.06. The fourth-order valence-electron chi connectivity index (χ4n) is 4.93. The van der Waals surface area contributed by atoms with E-state index >= 15 is 0 Å². The highest BCUT2D eigenvalue weighted by atomic mass is 35.5. The third-order valence-electron chi connectivity index (χ3n) is 6.38. The second kappa shape index (κ2) is 7.72. The molecule has 2 aliphatic rings. The van der Waals surface area contributed by atoms with Gasteiger partial charge in [-0.3, -0.25) is 0 Å². The zero-order valence-electron chi connectivity index (χ0n) is 16.2. The summed E-state index contributed by atoms with van der Waals surface area (Å²) < 4.78 is 0. The Kier molecular flexibility index (Phi) is 5.09. The molecule has 2 aromatic carbocycles. The minimum Gasteiger partial charge on any atom is -0.399 e. The maximum absolute atomic E-state index is 10.1. The predicted molar refractivity (Wildman–Crippen MR) is 115 cm³/mol. The molecule has 0 saturated heterocycles. The molecule has 30 heavy (non-hydrogen) atoms. The monoisotopic (exact) mass is 410 g/mol. The Morgan fingerprint density at radius 3 is 2.20 bits per heavy atom. The SMILES string of the molecule is N#CC1=C(N)C(C#N)(C#N)[C@@H](c2ccc(Cl)cc2)[C@@H]2C[C@@H](c3ccccc3)CC=C12. The third-order valence-corrected chi connectivity index (χ3v) is 6.63. The van der Waals surface area contributed by atoms with E-state index in [9.17, 15) is 15.8 Å². The minimum atomic E-state index is -1.61. The van der Waals surface area contributed by atoms with Gasteiger partial charge in [0.05, 0.1) is 23.4 Å². The molecule has 0 unspecified atom stereocenters. The summed E-state index contributed by atoms with van der Waals surface area (Å²) in [7, 11) is 0. The van der Waals surface area contributed by atoms with Crippen molar-refractivity contribution >= 4 is 11.6 Å². The molecule has 2 N–H and O–H groups in total. The lowest BCUT2D eigenvalue weighted by atomic mass is 9.55. The molecule has 0 saturated carbocycles. The van der Waals surface area contributed by atoms with Gasteiger partial charge in [0.25, 0.3) is 0 Å². The van der Waals surface area contributed by atoms with E-state index in [1.54, 1.807) is 12.1 Å². The van der Waals surface area contributed by atoms with Crippen molar-refractivity contribution in [3.63, 3.8) is 0 Å². The van der Waals surface area contributed by atoms with Crippen molar-refractivity contribution in [1.29, 1.82) is 15.8 Å². The zero-order valence-corrected chi connectivity index (χ0v) is 17.0. The number of nitriles is 3. The highest BCUT2D eigenvalue weighted by molar-refractivity contribution is 6.30. The summed E-state index contributed by atoms with van der Waals surface area (Å²) in [5.41, 5.74) is 7.95. The number of nitrogens with zero attached hydrogens (tertiary/aromatic N) is 3. The van der Waals surface area contributed by atoms with Crippen LogP contribution in [0.2, 0.25) is 5.02 Å². The highest BCUT2D eigenvalue weighted by Crippen LogP contribution is 2.57. The van der Waals surface area contributed by atoms with E-state index in [0.717, 1.165) is 24.0 Å². The number of halogens is 1. The first-order valence-electron chi connectivity index (χ1n) is 9.79. The van der Waals surface area contributed by atoms with Crippen LogP contribution in [-0.4, -0.2) is 0 Å². The Hall–Kier alpha value is -3.52. The molecule has 4 nitrogen and oxygen atoms in total. The summed E-state index contributed by atoms with van der Waals surface area (Å²) in [5, 5.41) is 30.7. The van der Waals surface area contributed by atoms with Gasteiger partial charge >= 0.3 is 0 Å². The van der Waals surface area contributed by atoms with Crippen LogP contribution >= 0.6 is 11.6 Å². The number of nitrogens with two attached hydrogens (primary N) is 1. The number of allylic oxidation sites excluding steroid dienone is 4. The molecule has 2 aromatic rings. The van der Waals surface area contributed by atoms with Crippen molar-refractivity contribution in [3.05, 3.63) is 93.7 Å². The molecule has 0 aliphatic heterocycles. The summed E-state index contributed by atoms with van der Waals surface area (Å²) >= 11 is 6.09. The number of rotatable bonds is 2. The van der Waals surface area contributed by atoms with E-state index in [1.807, 2.05) is 30.3 Å². The summed E-state index contributed by atoms with van der Waals surface area (Å²) in [4.78, 5) is 0. The van der Waals surface area contributed by atoms with Gasteiger partial charge in [0.1, 0.15) is 6.07 Å². The van der Waals surface area contributed by atoms with Gasteiger partial charge < -0.3 is 5.73 Å². The van der Waals surface area contributed by atoms with Crippen LogP contribution in [0, 0.1) is 45.3 Å². The van der Waals surface area contributed by atoms with Crippen molar-refractivity contribution in [2.24, 2.45) is 17.1 Å². The van der Waals surface area contributed by atoms with Gasteiger partial charge in [-0.2, -0.15) is 15.8 Å². The molecule has 0 amide bonds. The summed E-state index contributed by atoms with van der Waals surface area (Å²) in [5.74, 6) is -0.421. The first-order valence-corrected chi connectivity index (χ1v) is 10.2. The molecule has 0 radical (unpaired) electrons. The lowest BCUT2D eigenvalue weighted by molar-refractivity contribution is 0.303. The topological polar surface area (TPSA) is 97.4 Å². The first kappa shape index (κ1) is 19.8. The molecule has 4 rings (SSSR count). The average Bonchev–Trinajstić information content (AvgIpc) is 2.79. The van der Waals surface area contributed by atoms with Crippen LogP contribution in [0.25, 0.3) is 0 Å². The van der Waals surface area contributed by atoms with E-state index < -0.39 is 11.3 Å². The molecule has 3 atom stereocenters. The lowest BCUT2D eigenvalue weighted by Gasteiger charge is -2.45. The predicted octanol–water partition coefficient (Wildman–Crippen LogP) is 5.33. The molecule has 0 aromatic heterocycles. The van der Waals surface area contributed by atoms with Crippen molar-refractivity contribution in [3.8, 4) is 18.2 Å². The maximum Gasteiger partial charge on any atom is 0.191 e. The Labute approximate surface area is 181 Å². The molecular weight excluding hydrogens is 392 g/mol. The van der Waals surface area contributed by atoms with Crippen LogP contribution in [0.1, 0.15) is 35.8 Å². The van der Waals surface area contributed by atoms with Gasteiger partial charge in [0.2, 0.25) is 0 Å². The second-order valence-corrected chi connectivity index (χ2v) is 8.24. The minimum absolute atomic E-state index is 0.0515. The van der Waals surface area contributed by atoms with E-state index in [1.165, 1.54) is 5.56 Å². The van der Waals surface area contributed by atoms with E-state index in [0.29, 0.717) is 5.02 Å². The fraction of sp³-hybridized carbons (Fsp3) is 0.240. The Morgan fingerprint density at radius 1 is 0.933 bits per heavy atom. The Morgan fingerprint density at radius 2 is 1.60 bits per heavy atom. The average molecular weight is 411 g/mol. The van der Waals surface area contributed by atoms with Gasteiger partial charge in [-0.15, -0.1) is 0 Å². The molecule has 0 heterocycles. The van der Waals surface area contributed by atoms with Gasteiger partial charge in [-0.1, -0.05) is 60.1 Å². The van der Waals surface area contributed by atoms with Crippen LogP contribution in [0.4, 0.5) is 0 Å². The van der Waals surface area contributed by atoms with Gasteiger partial charge in [0.15, 0.2) is 5.41 Å². The molecule has 0 spiro atoms. The normalized spacial score (nSPS) is 24.6. The Bertz CT molecular complexity index is 1140. The van der Waals surface area contributed by atoms with Crippen LogP contribution in [0.5, 0.6) is 0 Å². The molecule has 5 heteroatoms. The van der Waals surface area contributed by atoms with Crippen molar-refractivity contribution in [1.82, 2.24) is 0 Å². The molecule has 0 fully saturated rings. The molecule has 146 valence electrons. The van der Waals surface area contributed by atoms with E-state index in [2.05, 4.69) is 36.4 Å². The number of fused-ring (bicyclic) bond motifs is 1. The first-order chi connectivity index (χ1) is 14.6. The number of hydrogen-bond donors (Lipinski definition) is 1. The second-order valence-electron chi connectivity index (χ2n) is 7.81. The third kappa shape index (κ3) is 2.96.